The van der Waals surface area contributed by atoms with Crippen molar-refractivity contribution in [3.8, 4) is 11.4 Å². The quantitative estimate of drug-likeness (QED) is 0.627. The van der Waals surface area contributed by atoms with Gasteiger partial charge in [0, 0.05) is 10.6 Å². The van der Waals surface area contributed by atoms with Crippen LogP contribution in [0.3, 0.4) is 0 Å². The molecule has 0 aliphatic carbocycles. The number of aromatic nitrogens is 2. The Kier molecular flexibility index (Phi) is 5.50. The lowest BCUT2D eigenvalue weighted by atomic mass is 10.1. The van der Waals surface area contributed by atoms with Crippen LogP contribution in [0.25, 0.3) is 11.4 Å². The fourth-order valence-electron chi connectivity index (χ4n) is 2.48. The molecule has 28 heavy (non-hydrogen) atoms. The number of ether oxygens (including phenoxy) is 1. The lowest BCUT2D eigenvalue weighted by molar-refractivity contribution is 0.0429. The van der Waals surface area contributed by atoms with Crippen LogP contribution in [0.5, 0.6) is 0 Å². The van der Waals surface area contributed by atoms with Crippen LogP contribution in [0.2, 0.25) is 5.02 Å². The topological polar surface area (TPSA) is 125 Å². The zero-order chi connectivity index (χ0) is 20.5. The summed E-state index contributed by atoms with van der Waals surface area (Å²) >= 11 is 5.84. The Hall–Kier alpha value is -2.75. The molecule has 3 aromatic rings. The van der Waals surface area contributed by atoms with Crippen LogP contribution < -0.4 is 5.14 Å². The van der Waals surface area contributed by atoms with Gasteiger partial charge in [-0.3, -0.25) is 0 Å². The predicted molar refractivity (Wildman–Crippen MR) is 101 cm³/mol. The Morgan fingerprint density at radius 2 is 1.89 bits per heavy atom. The van der Waals surface area contributed by atoms with Gasteiger partial charge in [-0.15, -0.1) is 0 Å². The third-order valence-electron chi connectivity index (χ3n) is 4.06. The first-order valence-electron chi connectivity index (χ1n) is 8.05. The molecule has 0 amide bonds. The highest BCUT2D eigenvalue weighted by Crippen LogP contribution is 2.22. The van der Waals surface area contributed by atoms with Crippen LogP contribution in [0.4, 0.5) is 0 Å². The lowest BCUT2D eigenvalue weighted by Crippen LogP contribution is -2.16. The zero-order valence-electron chi connectivity index (χ0n) is 15.0. The first-order valence-corrected chi connectivity index (χ1v) is 9.97. The summed E-state index contributed by atoms with van der Waals surface area (Å²) in [5, 5.41) is 9.61. The van der Waals surface area contributed by atoms with Crippen molar-refractivity contribution < 1.29 is 22.5 Å². The molecule has 1 heterocycles. The molecule has 0 spiro atoms. The van der Waals surface area contributed by atoms with Gasteiger partial charge in [-0.05, 0) is 61.4 Å². The van der Waals surface area contributed by atoms with E-state index in [1.807, 2.05) is 0 Å². The SMILES string of the molecule is Cc1cc(C(=O)OCc2nc(-c3ccc(Cl)cc3)no2)cc(S(N)(=O)=O)c1C. The molecule has 1 aromatic heterocycles. The van der Waals surface area contributed by atoms with Gasteiger partial charge in [0.2, 0.25) is 15.8 Å². The second-order valence-electron chi connectivity index (χ2n) is 6.06. The van der Waals surface area contributed by atoms with Crippen LogP contribution >= 0.6 is 11.6 Å². The highest BCUT2D eigenvalue weighted by atomic mass is 35.5. The number of primary sulfonamides is 1. The van der Waals surface area contributed by atoms with E-state index in [1.54, 1.807) is 38.1 Å². The van der Waals surface area contributed by atoms with Crippen molar-refractivity contribution in [3.63, 3.8) is 0 Å². The molecule has 8 nitrogen and oxygen atoms in total. The summed E-state index contributed by atoms with van der Waals surface area (Å²) in [6.07, 6.45) is 0. The van der Waals surface area contributed by atoms with E-state index in [2.05, 4.69) is 10.1 Å². The maximum absolute atomic E-state index is 12.3. The number of hydrogen-bond acceptors (Lipinski definition) is 7. The van der Waals surface area contributed by atoms with Gasteiger partial charge in [0.15, 0.2) is 6.61 Å². The van der Waals surface area contributed by atoms with Gasteiger partial charge in [0.25, 0.3) is 5.89 Å². The Balaban J connectivity index is 1.75. The molecule has 10 heteroatoms. The van der Waals surface area contributed by atoms with Crippen LogP contribution in [0.1, 0.15) is 27.4 Å². The van der Waals surface area contributed by atoms with Gasteiger partial charge in [0.1, 0.15) is 0 Å². The summed E-state index contributed by atoms with van der Waals surface area (Å²) in [5.41, 5.74) is 1.83. The summed E-state index contributed by atoms with van der Waals surface area (Å²) in [7, 11) is -3.97. The highest BCUT2D eigenvalue weighted by Gasteiger charge is 2.19. The van der Waals surface area contributed by atoms with Crippen LogP contribution in [-0.4, -0.2) is 24.5 Å². The molecule has 0 radical (unpaired) electrons. The van der Waals surface area contributed by atoms with Gasteiger partial charge < -0.3 is 9.26 Å². The summed E-state index contributed by atoms with van der Waals surface area (Å²) in [4.78, 5) is 16.3. The molecule has 0 bridgehead atoms. The maximum atomic E-state index is 12.3. The molecule has 146 valence electrons. The van der Waals surface area contributed by atoms with Crippen molar-refractivity contribution in [2.45, 2.75) is 25.3 Å². The summed E-state index contributed by atoms with van der Waals surface area (Å²) < 4.78 is 33.6. The van der Waals surface area contributed by atoms with E-state index in [9.17, 15) is 13.2 Å². The van der Waals surface area contributed by atoms with Gasteiger partial charge in [-0.25, -0.2) is 18.4 Å². The third-order valence-corrected chi connectivity index (χ3v) is 5.35. The molecule has 3 rings (SSSR count). The monoisotopic (exact) mass is 421 g/mol. The molecule has 0 saturated heterocycles. The average molecular weight is 422 g/mol. The number of carbonyl (C=O) groups excluding carboxylic acids is 1. The van der Waals surface area contributed by atoms with Gasteiger partial charge in [0.05, 0.1) is 10.5 Å². The van der Waals surface area contributed by atoms with E-state index >= 15 is 0 Å². The fourth-order valence-corrected chi connectivity index (χ4v) is 3.49. The smallest absolute Gasteiger partial charge is 0.338 e. The summed E-state index contributed by atoms with van der Waals surface area (Å²) in [6.45, 7) is 3.02. The van der Waals surface area contributed by atoms with Crippen molar-refractivity contribution in [1.82, 2.24) is 10.1 Å². The minimum absolute atomic E-state index is 0.0598. The van der Waals surface area contributed by atoms with E-state index in [0.717, 1.165) is 0 Å². The molecular weight excluding hydrogens is 406 g/mol. The van der Waals surface area contributed by atoms with Gasteiger partial charge in [-0.2, -0.15) is 4.98 Å². The van der Waals surface area contributed by atoms with E-state index < -0.39 is 16.0 Å². The molecule has 2 N–H and O–H groups in total. The summed E-state index contributed by atoms with van der Waals surface area (Å²) in [6, 6.07) is 9.55. The molecule has 0 unspecified atom stereocenters. The van der Waals surface area contributed by atoms with Crippen molar-refractivity contribution in [2.75, 3.05) is 0 Å². The second kappa shape index (κ2) is 7.70. The fraction of sp³-hybridized carbons (Fsp3) is 0.167. The van der Waals surface area contributed by atoms with Crippen molar-refractivity contribution in [2.24, 2.45) is 5.14 Å². The number of hydrogen-bond donors (Lipinski definition) is 1. The van der Waals surface area contributed by atoms with Crippen molar-refractivity contribution >= 4 is 27.6 Å². The maximum Gasteiger partial charge on any atom is 0.338 e. The zero-order valence-corrected chi connectivity index (χ0v) is 16.5. The second-order valence-corrected chi connectivity index (χ2v) is 8.02. The molecule has 0 fully saturated rings. The molecular formula is C18H16ClN3O5S. The molecule has 2 aromatic carbocycles. The number of rotatable bonds is 5. The van der Waals surface area contributed by atoms with E-state index in [4.69, 9.17) is 26.0 Å². The number of benzene rings is 2. The van der Waals surface area contributed by atoms with Crippen LogP contribution in [0, 0.1) is 13.8 Å². The standard InChI is InChI=1S/C18H16ClN3O5S/c1-10-7-13(8-15(11(10)2)28(20,24)25)18(23)26-9-16-21-17(22-27-16)12-3-5-14(19)6-4-12/h3-8H,9H2,1-2H3,(H2,20,24,25). The Bertz CT molecular complexity index is 1140. The lowest BCUT2D eigenvalue weighted by Gasteiger charge is -2.10. The first-order chi connectivity index (χ1) is 13.1. The Labute approximate surface area is 166 Å². The largest absolute Gasteiger partial charge is 0.452 e. The van der Waals surface area contributed by atoms with Crippen molar-refractivity contribution in [1.29, 1.82) is 0 Å². The molecule has 0 aliphatic rings. The number of carbonyl (C=O) groups is 1. The van der Waals surface area contributed by atoms with Gasteiger partial charge >= 0.3 is 5.97 Å². The minimum atomic E-state index is -3.97. The summed E-state index contributed by atoms with van der Waals surface area (Å²) in [5.74, 6) is -0.321. The molecule has 0 aliphatic heterocycles. The van der Waals surface area contributed by atoms with E-state index in [1.165, 1.54) is 12.1 Å². The molecule has 0 saturated carbocycles. The number of esters is 1. The van der Waals surface area contributed by atoms with E-state index in [-0.39, 0.29) is 23.0 Å². The number of nitrogens with zero attached hydrogens (tertiary/aromatic N) is 2. The third kappa shape index (κ3) is 4.38. The Morgan fingerprint density at radius 3 is 2.54 bits per heavy atom. The Morgan fingerprint density at radius 1 is 1.21 bits per heavy atom. The molecule has 0 atom stereocenters. The first kappa shape index (κ1) is 20.0. The van der Waals surface area contributed by atoms with Crippen LogP contribution in [-0.2, 0) is 21.4 Å². The number of halogens is 1. The number of aryl methyl sites for hydroxylation is 1. The average Bonchev–Trinajstić information content (AvgIpc) is 3.10. The highest BCUT2D eigenvalue weighted by molar-refractivity contribution is 7.89. The number of sulfonamides is 1. The predicted octanol–water partition coefficient (Wildman–Crippen LogP) is 3.01. The normalized spacial score (nSPS) is 11.4. The van der Waals surface area contributed by atoms with Gasteiger partial charge in [-0.1, -0.05) is 16.8 Å². The van der Waals surface area contributed by atoms with E-state index in [0.29, 0.717) is 27.5 Å². The number of nitrogens with two attached hydrogens (primary N) is 1. The van der Waals surface area contributed by atoms with Crippen LogP contribution in [0.15, 0.2) is 45.8 Å². The van der Waals surface area contributed by atoms with Crippen molar-refractivity contribution in [3.05, 3.63) is 64.0 Å². The minimum Gasteiger partial charge on any atom is -0.452 e.